The summed E-state index contributed by atoms with van der Waals surface area (Å²) in [5, 5.41) is 0.810. The molecule has 0 unspecified atom stereocenters. The number of nitrogen functional groups attached to an aromatic ring is 1. The lowest BCUT2D eigenvalue weighted by Crippen LogP contribution is -2.21. The molecule has 2 aromatic rings. The molecule has 0 spiro atoms. The second-order valence-corrected chi connectivity index (χ2v) is 5.67. The first-order valence-corrected chi connectivity index (χ1v) is 7.58. The molecule has 20 heavy (non-hydrogen) atoms. The minimum absolute atomic E-state index is 0.653. The van der Waals surface area contributed by atoms with Gasteiger partial charge in [-0.15, -0.1) is 0 Å². The number of aromatic nitrogens is 2. The van der Waals surface area contributed by atoms with Crippen LogP contribution in [0.2, 0.25) is 0 Å². The van der Waals surface area contributed by atoms with Gasteiger partial charge in [0, 0.05) is 18.5 Å². The summed E-state index contributed by atoms with van der Waals surface area (Å²) < 4.78 is 0. The van der Waals surface area contributed by atoms with Gasteiger partial charge < -0.3 is 10.6 Å². The van der Waals surface area contributed by atoms with Crippen molar-refractivity contribution in [3.8, 4) is 0 Å². The third kappa shape index (κ3) is 3.63. The fourth-order valence-electron chi connectivity index (χ4n) is 1.86. The number of unbranched alkanes of at least 4 members (excludes halogenated alkanes) is 1. The number of nitrogens with zero attached hydrogens (tertiary/aromatic N) is 3. The van der Waals surface area contributed by atoms with Crippen LogP contribution in [0.4, 0.5) is 11.5 Å². The fraction of sp³-hybridized carbons (Fsp3) is 0.333. The number of hydrogen-bond donors (Lipinski definition) is 1. The normalized spacial score (nSPS) is 10.5. The summed E-state index contributed by atoms with van der Waals surface area (Å²) in [5.41, 5.74) is 6.87. The van der Waals surface area contributed by atoms with Crippen LogP contribution in [0.5, 0.6) is 0 Å². The van der Waals surface area contributed by atoms with E-state index in [-0.39, 0.29) is 0 Å². The van der Waals surface area contributed by atoms with Gasteiger partial charge in [-0.25, -0.2) is 9.97 Å². The number of rotatable bonds is 6. The van der Waals surface area contributed by atoms with Gasteiger partial charge >= 0.3 is 0 Å². The van der Waals surface area contributed by atoms with Crippen molar-refractivity contribution in [2.45, 2.75) is 29.7 Å². The quantitative estimate of drug-likeness (QED) is 0.825. The number of nitrogens with two attached hydrogens (primary N) is 1. The van der Waals surface area contributed by atoms with Crippen molar-refractivity contribution in [1.82, 2.24) is 9.97 Å². The molecular weight excluding hydrogens is 268 g/mol. The van der Waals surface area contributed by atoms with E-state index >= 15 is 0 Å². The predicted octanol–water partition coefficient (Wildman–Crippen LogP) is 3.45. The van der Waals surface area contributed by atoms with Crippen LogP contribution in [0.3, 0.4) is 0 Å². The summed E-state index contributed by atoms with van der Waals surface area (Å²) in [6.45, 7) is 3.13. The highest BCUT2D eigenvalue weighted by atomic mass is 32.2. The van der Waals surface area contributed by atoms with Crippen LogP contribution in [-0.4, -0.2) is 23.6 Å². The second kappa shape index (κ2) is 7.14. The van der Waals surface area contributed by atoms with Crippen LogP contribution in [0, 0.1) is 0 Å². The molecule has 0 atom stereocenters. The largest absolute Gasteiger partial charge is 0.394 e. The van der Waals surface area contributed by atoms with Gasteiger partial charge in [-0.3, -0.25) is 0 Å². The number of benzene rings is 1. The monoisotopic (exact) mass is 288 g/mol. The van der Waals surface area contributed by atoms with Crippen LogP contribution in [0.25, 0.3) is 0 Å². The molecule has 106 valence electrons. The van der Waals surface area contributed by atoms with Gasteiger partial charge in [0.25, 0.3) is 0 Å². The molecule has 1 aromatic heterocycles. The molecule has 0 radical (unpaired) electrons. The average molecular weight is 288 g/mol. The van der Waals surface area contributed by atoms with E-state index in [1.54, 1.807) is 18.1 Å². The van der Waals surface area contributed by atoms with Crippen LogP contribution in [0.1, 0.15) is 19.8 Å². The summed E-state index contributed by atoms with van der Waals surface area (Å²) in [4.78, 5) is 11.8. The zero-order valence-corrected chi connectivity index (χ0v) is 12.7. The zero-order valence-electron chi connectivity index (χ0n) is 11.9. The molecule has 1 heterocycles. The maximum absolute atomic E-state index is 6.22. The Hall–Kier alpha value is -1.75. The molecule has 4 nitrogen and oxygen atoms in total. The van der Waals surface area contributed by atoms with Gasteiger partial charge in [0.2, 0.25) is 0 Å². The van der Waals surface area contributed by atoms with E-state index in [0.29, 0.717) is 5.69 Å². The van der Waals surface area contributed by atoms with Crippen molar-refractivity contribution in [2.24, 2.45) is 0 Å². The van der Waals surface area contributed by atoms with Crippen molar-refractivity contribution in [3.05, 3.63) is 36.7 Å². The maximum Gasteiger partial charge on any atom is 0.156 e. The lowest BCUT2D eigenvalue weighted by Gasteiger charge is -2.20. The van der Waals surface area contributed by atoms with Crippen molar-refractivity contribution in [3.63, 3.8) is 0 Å². The summed E-state index contributed by atoms with van der Waals surface area (Å²) in [7, 11) is 2.02. The molecular formula is C15H20N4S. The van der Waals surface area contributed by atoms with E-state index in [2.05, 4.69) is 21.8 Å². The highest BCUT2D eigenvalue weighted by Crippen LogP contribution is 2.33. The van der Waals surface area contributed by atoms with Crippen molar-refractivity contribution in [2.75, 3.05) is 24.2 Å². The number of hydrogen-bond acceptors (Lipinski definition) is 5. The molecule has 2 rings (SSSR count). The van der Waals surface area contributed by atoms with E-state index in [9.17, 15) is 0 Å². The van der Waals surface area contributed by atoms with Crippen LogP contribution in [0.15, 0.2) is 46.6 Å². The summed E-state index contributed by atoms with van der Waals surface area (Å²) in [5.74, 6) is 0.812. The third-order valence-electron chi connectivity index (χ3n) is 2.99. The molecule has 0 saturated heterocycles. The van der Waals surface area contributed by atoms with E-state index in [1.807, 2.05) is 37.4 Å². The molecule has 0 aliphatic heterocycles. The lowest BCUT2D eigenvalue weighted by molar-refractivity contribution is 0.757. The first kappa shape index (κ1) is 14.7. The van der Waals surface area contributed by atoms with E-state index < -0.39 is 0 Å². The van der Waals surface area contributed by atoms with E-state index in [0.717, 1.165) is 35.1 Å². The Kier molecular flexibility index (Phi) is 5.24. The summed E-state index contributed by atoms with van der Waals surface area (Å²) in [6, 6.07) is 10.1. The summed E-state index contributed by atoms with van der Waals surface area (Å²) in [6.07, 6.45) is 3.86. The molecule has 0 saturated carbocycles. The van der Waals surface area contributed by atoms with Crippen LogP contribution >= 0.6 is 11.8 Å². The Labute approximate surface area is 124 Å². The second-order valence-electron chi connectivity index (χ2n) is 4.61. The first-order chi connectivity index (χ1) is 9.72. The smallest absolute Gasteiger partial charge is 0.156 e. The standard InChI is InChI=1S/C15H20N4S/c1-3-4-10-19(2)14-13(16)15(18-11-17-14)20-12-8-6-5-7-9-12/h5-9,11H,3-4,10,16H2,1-2H3. The molecule has 0 bridgehead atoms. The Morgan fingerprint density at radius 2 is 1.95 bits per heavy atom. The summed E-state index contributed by atoms with van der Waals surface area (Å²) >= 11 is 1.57. The van der Waals surface area contributed by atoms with Gasteiger partial charge in [-0.2, -0.15) is 0 Å². The molecule has 0 fully saturated rings. The van der Waals surface area contributed by atoms with Crippen molar-refractivity contribution < 1.29 is 0 Å². The van der Waals surface area contributed by atoms with Gasteiger partial charge in [-0.05, 0) is 18.6 Å². The molecule has 0 amide bonds. The highest BCUT2D eigenvalue weighted by Gasteiger charge is 2.12. The SMILES string of the molecule is CCCCN(C)c1ncnc(Sc2ccccc2)c1N. The van der Waals surface area contributed by atoms with E-state index in [1.165, 1.54) is 0 Å². The molecule has 5 heteroatoms. The fourth-order valence-corrected chi connectivity index (χ4v) is 2.68. The van der Waals surface area contributed by atoms with Gasteiger partial charge in [0.15, 0.2) is 5.82 Å². The Morgan fingerprint density at radius 3 is 2.65 bits per heavy atom. The predicted molar refractivity (Wildman–Crippen MR) is 85.2 cm³/mol. The maximum atomic E-state index is 6.22. The van der Waals surface area contributed by atoms with Gasteiger partial charge in [0.05, 0.1) is 0 Å². The first-order valence-electron chi connectivity index (χ1n) is 6.77. The minimum atomic E-state index is 0.653. The topological polar surface area (TPSA) is 55.0 Å². The van der Waals surface area contributed by atoms with E-state index in [4.69, 9.17) is 5.73 Å². The Balaban J connectivity index is 2.19. The van der Waals surface area contributed by atoms with Crippen molar-refractivity contribution in [1.29, 1.82) is 0 Å². The molecule has 0 aliphatic carbocycles. The highest BCUT2D eigenvalue weighted by molar-refractivity contribution is 7.99. The molecule has 2 N–H and O–H groups in total. The average Bonchev–Trinajstić information content (AvgIpc) is 2.48. The minimum Gasteiger partial charge on any atom is -0.394 e. The van der Waals surface area contributed by atoms with Crippen LogP contribution in [-0.2, 0) is 0 Å². The Morgan fingerprint density at radius 1 is 1.20 bits per heavy atom. The number of anilines is 2. The van der Waals surface area contributed by atoms with Gasteiger partial charge in [-0.1, -0.05) is 43.3 Å². The molecule has 1 aromatic carbocycles. The Bertz CT molecular complexity index is 545. The lowest BCUT2D eigenvalue weighted by atomic mass is 10.3. The van der Waals surface area contributed by atoms with Gasteiger partial charge in [0.1, 0.15) is 17.0 Å². The van der Waals surface area contributed by atoms with Crippen molar-refractivity contribution >= 4 is 23.3 Å². The zero-order chi connectivity index (χ0) is 14.4. The third-order valence-corrected chi connectivity index (χ3v) is 4.02. The van der Waals surface area contributed by atoms with Crippen LogP contribution < -0.4 is 10.6 Å². The molecule has 0 aliphatic rings.